The molecule has 35 heavy (non-hydrogen) atoms. The number of carbonyl (C=O) groups is 2. The molecule has 1 N–H and O–H groups in total. The van der Waals surface area contributed by atoms with Crippen molar-refractivity contribution < 1.29 is 19.4 Å². The number of benzene rings is 1. The van der Waals surface area contributed by atoms with Crippen LogP contribution in [0, 0.1) is 23.7 Å². The summed E-state index contributed by atoms with van der Waals surface area (Å²) in [5.41, 5.74) is 4.82. The first kappa shape index (κ1) is 26.0. The standard InChI is InChI=1S/C29H38ClNO4/c1-5-7-18(13-19-9-10-20(32)14-24(19)30)8-11-25-26-21(17(3)4)15-22-27(23(26)16-35-25)29(34)31(12-6-2)28(22)33/h9-10,13-14,17,22-23,25,27,32H,5-8,11-12,15-16H2,1-4H3/b18-13+/t22-,23+,25-,27-/m1/s1. The zero-order valence-electron chi connectivity index (χ0n) is 21.4. The molecule has 1 aromatic carbocycles. The van der Waals surface area contributed by atoms with Crippen LogP contribution in [-0.4, -0.2) is 41.1 Å². The number of halogens is 1. The van der Waals surface area contributed by atoms with Crippen molar-refractivity contribution in [3.63, 3.8) is 0 Å². The van der Waals surface area contributed by atoms with Gasteiger partial charge < -0.3 is 9.84 Å². The molecule has 1 aliphatic carbocycles. The Kier molecular flexibility index (Phi) is 8.07. The first-order valence-corrected chi connectivity index (χ1v) is 13.5. The maximum absolute atomic E-state index is 13.3. The van der Waals surface area contributed by atoms with Crippen molar-refractivity contribution >= 4 is 29.5 Å². The van der Waals surface area contributed by atoms with Gasteiger partial charge in [-0.3, -0.25) is 14.5 Å². The van der Waals surface area contributed by atoms with E-state index in [9.17, 15) is 14.7 Å². The van der Waals surface area contributed by atoms with Gasteiger partial charge in [0.05, 0.1) is 29.6 Å². The van der Waals surface area contributed by atoms with Gasteiger partial charge in [0.25, 0.3) is 0 Å². The fourth-order valence-corrected chi connectivity index (χ4v) is 6.46. The highest BCUT2D eigenvalue weighted by atomic mass is 35.5. The smallest absolute Gasteiger partial charge is 0.233 e. The number of aromatic hydroxyl groups is 1. The number of imide groups is 1. The molecule has 0 bridgehead atoms. The average molecular weight is 500 g/mol. The van der Waals surface area contributed by atoms with Gasteiger partial charge in [0, 0.05) is 12.5 Å². The lowest BCUT2D eigenvalue weighted by Gasteiger charge is -2.33. The third kappa shape index (κ3) is 5.08. The Labute approximate surface area is 214 Å². The van der Waals surface area contributed by atoms with E-state index in [0.29, 0.717) is 30.5 Å². The van der Waals surface area contributed by atoms with Crippen LogP contribution in [-0.2, 0) is 14.3 Å². The molecular formula is C29H38ClNO4. The minimum Gasteiger partial charge on any atom is -0.508 e. The highest BCUT2D eigenvalue weighted by molar-refractivity contribution is 6.32. The maximum atomic E-state index is 13.3. The van der Waals surface area contributed by atoms with Gasteiger partial charge in [-0.05, 0) is 67.4 Å². The summed E-state index contributed by atoms with van der Waals surface area (Å²) in [6.45, 7) is 9.59. The number of amides is 2. The number of nitrogens with zero attached hydrogens (tertiary/aromatic N) is 1. The molecule has 4 rings (SSSR count). The first-order valence-electron chi connectivity index (χ1n) is 13.1. The van der Waals surface area contributed by atoms with Crippen molar-refractivity contribution in [2.75, 3.05) is 13.2 Å². The highest BCUT2D eigenvalue weighted by Crippen LogP contribution is 2.51. The Bertz CT molecular complexity index is 1040. The molecule has 2 saturated heterocycles. The van der Waals surface area contributed by atoms with Crippen LogP contribution < -0.4 is 0 Å². The predicted octanol–water partition coefficient (Wildman–Crippen LogP) is 6.39. The van der Waals surface area contributed by atoms with Crippen LogP contribution in [0.3, 0.4) is 0 Å². The van der Waals surface area contributed by atoms with Gasteiger partial charge in [-0.15, -0.1) is 0 Å². The Morgan fingerprint density at radius 1 is 1.17 bits per heavy atom. The van der Waals surface area contributed by atoms with E-state index in [0.717, 1.165) is 37.7 Å². The van der Waals surface area contributed by atoms with Crippen molar-refractivity contribution in [2.45, 2.75) is 72.3 Å². The lowest BCUT2D eigenvalue weighted by Crippen LogP contribution is -2.35. The third-order valence-electron chi connectivity index (χ3n) is 7.82. The Balaban J connectivity index is 1.57. The topological polar surface area (TPSA) is 66.8 Å². The zero-order valence-corrected chi connectivity index (χ0v) is 22.1. The van der Waals surface area contributed by atoms with E-state index in [1.165, 1.54) is 21.6 Å². The molecule has 5 nitrogen and oxygen atoms in total. The summed E-state index contributed by atoms with van der Waals surface area (Å²) in [6, 6.07) is 5.08. The number of rotatable bonds is 9. The van der Waals surface area contributed by atoms with E-state index in [-0.39, 0.29) is 41.4 Å². The summed E-state index contributed by atoms with van der Waals surface area (Å²) in [5, 5.41) is 10.2. The molecule has 190 valence electrons. The highest BCUT2D eigenvalue weighted by Gasteiger charge is 2.56. The van der Waals surface area contributed by atoms with Crippen LogP contribution in [0.1, 0.15) is 71.8 Å². The molecule has 0 saturated carbocycles. The van der Waals surface area contributed by atoms with Gasteiger partial charge in [-0.2, -0.15) is 0 Å². The number of likely N-dealkylation sites (tertiary alicyclic amines) is 1. The molecule has 3 aliphatic rings. The molecule has 0 spiro atoms. The van der Waals surface area contributed by atoms with Crippen molar-refractivity contribution in [1.82, 2.24) is 4.90 Å². The fraction of sp³-hybridized carbons (Fsp3) is 0.586. The number of hydrogen-bond donors (Lipinski definition) is 1. The predicted molar refractivity (Wildman–Crippen MR) is 139 cm³/mol. The summed E-state index contributed by atoms with van der Waals surface area (Å²) in [6.07, 6.45) is 7.30. The molecule has 4 atom stereocenters. The fourth-order valence-electron chi connectivity index (χ4n) is 6.23. The molecule has 2 fully saturated rings. The molecule has 2 heterocycles. The second-order valence-electron chi connectivity index (χ2n) is 10.5. The minimum atomic E-state index is -0.266. The quantitative estimate of drug-likeness (QED) is 0.315. The van der Waals surface area contributed by atoms with Crippen molar-refractivity contribution in [2.24, 2.45) is 23.7 Å². The van der Waals surface area contributed by atoms with Gasteiger partial charge in [0.2, 0.25) is 11.8 Å². The molecule has 2 amide bonds. The van der Waals surface area contributed by atoms with Gasteiger partial charge in [0.1, 0.15) is 5.75 Å². The monoisotopic (exact) mass is 499 g/mol. The minimum absolute atomic E-state index is 0.00458. The number of phenolic OH excluding ortho intramolecular Hbond substituents is 1. The lowest BCUT2D eigenvalue weighted by atomic mass is 9.67. The molecule has 6 heteroatoms. The number of hydrogen-bond acceptors (Lipinski definition) is 4. The van der Waals surface area contributed by atoms with Crippen molar-refractivity contribution in [3.05, 3.63) is 45.5 Å². The number of fused-ring (bicyclic) bond motifs is 3. The van der Waals surface area contributed by atoms with Crippen LogP contribution in [0.15, 0.2) is 34.9 Å². The van der Waals surface area contributed by atoms with Crippen LogP contribution in [0.4, 0.5) is 0 Å². The van der Waals surface area contributed by atoms with E-state index < -0.39 is 0 Å². The van der Waals surface area contributed by atoms with Crippen LogP contribution in [0.5, 0.6) is 5.75 Å². The van der Waals surface area contributed by atoms with Gasteiger partial charge in [0.15, 0.2) is 0 Å². The average Bonchev–Trinajstić information content (AvgIpc) is 3.33. The van der Waals surface area contributed by atoms with Gasteiger partial charge >= 0.3 is 0 Å². The van der Waals surface area contributed by atoms with Crippen molar-refractivity contribution in [1.29, 1.82) is 0 Å². The van der Waals surface area contributed by atoms with E-state index >= 15 is 0 Å². The van der Waals surface area contributed by atoms with Crippen LogP contribution in [0.2, 0.25) is 5.02 Å². The number of phenols is 1. The lowest BCUT2D eigenvalue weighted by molar-refractivity contribution is -0.140. The summed E-state index contributed by atoms with van der Waals surface area (Å²) < 4.78 is 6.36. The van der Waals surface area contributed by atoms with E-state index in [2.05, 4.69) is 26.8 Å². The Hall–Kier alpha value is -2.11. The second-order valence-corrected chi connectivity index (χ2v) is 10.9. The summed E-state index contributed by atoms with van der Waals surface area (Å²) in [5.74, 6) is 0.0248. The third-order valence-corrected chi connectivity index (χ3v) is 8.15. The summed E-state index contributed by atoms with van der Waals surface area (Å²) in [7, 11) is 0. The molecule has 2 aliphatic heterocycles. The Morgan fingerprint density at radius 2 is 1.94 bits per heavy atom. The molecule has 1 aromatic rings. The Morgan fingerprint density at radius 3 is 2.60 bits per heavy atom. The van der Waals surface area contributed by atoms with Crippen LogP contribution >= 0.6 is 11.6 Å². The largest absolute Gasteiger partial charge is 0.508 e. The van der Waals surface area contributed by atoms with Gasteiger partial charge in [-0.25, -0.2) is 0 Å². The number of ether oxygens (including phenoxy) is 1. The maximum Gasteiger partial charge on any atom is 0.233 e. The number of allylic oxidation sites excluding steroid dienone is 2. The first-order chi connectivity index (χ1) is 16.8. The van der Waals surface area contributed by atoms with Crippen LogP contribution in [0.25, 0.3) is 6.08 Å². The second kappa shape index (κ2) is 10.9. The molecule has 0 aromatic heterocycles. The normalized spacial score (nSPS) is 26.7. The summed E-state index contributed by atoms with van der Waals surface area (Å²) in [4.78, 5) is 27.9. The van der Waals surface area contributed by atoms with E-state index in [1.54, 1.807) is 12.1 Å². The molecular weight excluding hydrogens is 462 g/mol. The zero-order chi connectivity index (χ0) is 25.3. The number of carbonyl (C=O) groups excluding carboxylic acids is 2. The SMILES string of the molecule is CCC/C(=C\c1ccc(O)cc1Cl)CC[C@H]1OC[C@H]2C1=C(C(C)C)C[C@H]1C(=O)N(CCC)C(=O)[C@H]12. The van der Waals surface area contributed by atoms with Gasteiger partial charge in [-0.1, -0.05) is 62.9 Å². The molecule has 0 radical (unpaired) electrons. The van der Waals surface area contributed by atoms with E-state index in [1.807, 2.05) is 13.0 Å². The summed E-state index contributed by atoms with van der Waals surface area (Å²) >= 11 is 6.36. The van der Waals surface area contributed by atoms with Crippen molar-refractivity contribution in [3.8, 4) is 5.75 Å². The molecule has 0 unspecified atom stereocenters. The van der Waals surface area contributed by atoms with E-state index in [4.69, 9.17) is 16.3 Å².